The molecule has 0 bridgehead atoms. The van der Waals surface area contributed by atoms with Crippen LogP contribution < -0.4 is 5.11 Å². The van der Waals surface area contributed by atoms with Crippen molar-refractivity contribution in [1.82, 2.24) is 0 Å². The first-order chi connectivity index (χ1) is 28.1. The zero-order valence-corrected chi connectivity index (χ0v) is 38.5. The van der Waals surface area contributed by atoms with Gasteiger partial charge in [0.15, 0.2) is 6.10 Å². The second-order valence-corrected chi connectivity index (χ2v) is 17.4. The Morgan fingerprint density at radius 2 is 0.914 bits per heavy atom. The van der Waals surface area contributed by atoms with Crippen molar-refractivity contribution < 1.29 is 38.2 Å². The quantitative estimate of drug-likeness (QED) is 0.0198. The van der Waals surface area contributed by atoms with Gasteiger partial charge >= 0.3 is 11.9 Å². The lowest BCUT2D eigenvalue weighted by Gasteiger charge is -2.34. The summed E-state index contributed by atoms with van der Waals surface area (Å²) in [6.45, 7) is 4.64. The number of ether oxygens (including phenoxy) is 3. The van der Waals surface area contributed by atoms with Crippen molar-refractivity contribution in [3.8, 4) is 0 Å². The molecule has 8 nitrogen and oxygen atoms in total. The van der Waals surface area contributed by atoms with E-state index in [2.05, 4.69) is 50.3 Å². The van der Waals surface area contributed by atoms with Crippen molar-refractivity contribution in [3.63, 3.8) is 0 Å². The van der Waals surface area contributed by atoms with Gasteiger partial charge in [-0.15, -0.1) is 0 Å². The van der Waals surface area contributed by atoms with Crippen LogP contribution in [0.25, 0.3) is 0 Å². The normalized spacial score (nSPS) is 13.2. The zero-order valence-electron chi connectivity index (χ0n) is 38.5. The van der Waals surface area contributed by atoms with Crippen LogP contribution in [0.4, 0.5) is 0 Å². The fraction of sp³-hybridized carbons (Fsp3) is 0.820. The topological polar surface area (TPSA) is 102 Å². The van der Waals surface area contributed by atoms with Crippen molar-refractivity contribution in [2.45, 2.75) is 225 Å². The molecule has 0 aliphatic carbocycles. The summed E-state index contributed by atoms with van der Waals surface area (Å²) in [6.07, 6.45) is 47.4. The number of aliphatic carboxylic acids is 1. The molecule has 0 rings (SSSR count). The Morgan fingerprint density at radius 3 is 1.34 bits per heavy atom. The molecule has 0 aromatic heterocycles. The monoisotopic (exact) mass is 818 g/mol. The number of esters is 2. The molecule has 0 N–H and O–H groups in total. The van der Waals surface area contributed by atoms with E-state index in [1.54, 1.807) is 21.1 Å². The first-order valence-corrected chi connectivity index (χ1v) is 24.0. The molecule has 0 fully saturated rings. The second kappa shape index (κ2) is 41.3. The third kappa shape index (κ3) is 39.0. The van der Waals surface area contributed by atoms with E-state index in [0.29, 0.717) is 12.8 Å². The smallest absolute Gasteiger partial charge is 0.306 e. The van der Waals surface area contributed by atoms with Gasteiger partial charge in [0, 0.05) is 19.3 Å². The van der Waals surface area contributed by atoms with Crippen molar-refractivity contribution >= 4 is 17.9 Å². The molecule has 0 saturated carbocycles. The predicted octanol–water partition coefficient (Wildman–Crippen LogP) is 12.1. The summed E-state index contributed by atoms with van der Waals surface area (Å²) in [4.78, 5) is 36.9. The van der Waals surface area contributed by atoms with Crippen LogP contribution >= 0.6 is 0 Å². The van der Waals surface area contributed by atoms with Gasteiger partial charge in [-0.05, 0) is 64.2 Å². The van der Waals surface area contributed by atoms with Gasteiger partial charge in [-0.25, -0.2) is 0 Å². The van der Waals surface area contributed by atoms with Gasteiger partial charge in [-0.1, -0.05) is 166 Å². The number of carboxylic acid groups (broad SMARTS) is 1. The van der Waals surface area contributed by atoms with E-state index in [9.17, 15) is 19.5 Å². The maximum absolute atomic E-state index is 12.7. The number of unbranched alkanes of at least 4 members (excludes halogenated alkanes) is 24. The minimum absolute atomic E-state index is 0.0336. The van der Waals surface area contributed by atoms with Crippen LogP contribution in [0.1, 0.15) is 213 Å². The van der Waals surface area contributed by atoms with E-state index in [4.69, 9.17) is 14.2 Å². The molecule has 338 valence electrons. The van der Waals surface area contributed by atoms with E-state index in [1.165, 1.54) is 109 Å². The van der Waals surface area contributed by atoms with Crippen LogP contribution in [-0.2, 0) is 28.6 Å². The largest absolute Gasteiger partial charge is 0.544 e. The number of carboxylic acids is 1. The molecule has 0 aromatic carbocycles. The number of rotatable bonds is 43. The Balaban J connectivity index is 4.33. The molecule has 2 atom stereocenters. The average molecular weight is 818 g/mol. The van der Waals surface area contributed by atoms with Gasteiger partial charge < -0.3 is 28.6 Å². The fourth-order valence-corrected chi connectivity index (χ4v) is 7.00. The minimum atomic E-state index is -1.13. The molecule has 58 heavy (non-hydrogen) atoms. The van der Waals surface area contributed by atoms with E-state index in [0.717, 1.165) is 70.6 Å². The maximum atomic E-state index is 12.7. The van der Waals surface area contributed by atoms with Gasteiger partial charge in [0.2, 0.25) is 0 Å². The number of hydrogen-bond acceptors (Lipinski definition) is 7. The zero-order chi connectivity index (χ0) is 42.8. The highest BCUT2D eigenvalue weighted by atomic mass is 16.6. The van der Waals surface area contributed by atoms with Gasteiger partial charge in [0.25, 0.3) is 0 Å². The van der Waals surface area contributed by atoms with Gasteiger partial charge in [-0.2, -0.15) is 0 Å². The lowest BCUT2D eigenvalue weighted by Crippen LogP contribution is -2.55. The van der Waals surface area contributed by atoms with E-state index < -0.39 is 18.1 Å². The highest BCUT2D eigenvalue weighted by Crippen LogP contribution is 2.14. The number of quaternary nitrogens is 1. The lowest BCUT2D eigenvalue weighted by atomic mass is 10.1. The second-order valence-electron chi connectivity index (χ2n) is 17.4. The highest BCUT2D eigenvalue weighted by molar-refractivity contribution is 5.70. The van der Waals surface area contributed by atoms with Crippen LogP contribution in [0.5, 0.6) is 0 Å². The molecule has 0 aliphatic rings. The predicted molar refractivity (Wildman–Crippen MR) is 240 cm³/mol. The van der Waals surface area contributed by atoms with Crippen molar-refractivity contribution in [2.24, 2.45) is 0 Å². The summed E-state index contributed by atoms with van der Waals surface area (Å²) in [5, 5.41) is 11.6. The van der Waals surface area contributed by atoms with Gasteiger partial charge in [0.1, 0.15) is 12.6 Å². The molecule has 0 heterocycles. The first kappa shape index (κ1) is 55.5. The molecule has 8 heteroatoms. The van der Waals surface area contributed by atoms with Crippen LogP contribution in [0.2, 0.25) is 0 Å². The molecular weight excluding hydrogens is 727 g/mol. The third-order valence-electron chi connectivity index (χ3n) is 10.8. The van der Waals surface area contributed by atoms with Crippen LogP contribution in [0.15, 0.2) is 36.5 Å². The summed E-state index contributed by atoms with van der Waals surface area (Å²) in [6, 6.07) is -0.729. The Hall–Kier alpha value is -2.45. The molecule has 0 radical (unpaired) electrons. The number of carbonyl (C=O) groups excluding carboxylic acids is 3. The van der Waals surface area contributed by atoms with Crippen molar-refractivity contribution in [3.05, 3.63) is 36.5 Å². The van der Waals surface area contributed by atoms with Gasteiger partial charge in [0.05, 0.1) is 40.3 Å². The molecule has 0 amide bonds. The fourth-order valence-electron chi connectivity index (χ4n) is 7.00. The van der Waals surface area contributed by atoms with E-state index in [1.807, 2.05) is 0 Å². The van der Waals surface area contributed by atoms with E-state index in [-0.39, 0.29) is 42.7 Å². The summed E-state index contributed by atoms with van der Waals surface area (Å²) in [5.41, 5.74) is 0. The standard InChI is InChI=1S/C50H91NO7/c1-6-8-10-12-14-16-18-20-22-24-25-27-28-30-32-34-36-38-40-48(52)57-45-46(44-56-43-42-47(50(54)55)51(3,4)5)58-49(53)41-39-37-35-33-31-29-26-23-21-19-17-15-13-11-9-7-2/h22-27,46-47H,6-21,28-45H2,1-5H3/b24-22+,26-23+,27-25+. The molecule has 0 spiro atoms. The molecule has 2 unspecified atom stereocenters. The lowest BCUT2D eigenvalue weighted by molar-refractivity contribution is -0.889. The van der Waals surface area contributed by atoms with Crippen LogP contribution in [0, 0.1) is 0 Å². The number of hydrogen-bond donors (Lipinski definition) is 0. The summed E-state index contributed by atoms with van der Waals surface area (Å²) >= 11 is 0. The Kier molecular flexibility index (Phi) is 39.5. The Bertz CT molecular complexity index is 1050. The molecule has 0 aromatic rings. The van der Waals surface area contributed by atoms with Crippen LogP contribution in [0.3, 0.4) is 0 Å². The molecule has 0 aliphatic heterocycles. The number of carbonyl (C=O) groups is 3. The third-order valence-corrected chi connectivity index (χ3v) is 10.8. The first-order valence-electron chi connectivity index (χ1n) is 24.0. The highest BCUT2D eigenvalue weighted by Gasteiger charge is 2.25. The maximum Gasteiger partial charge on any atom is 0.306 e. The summed E-state index contributed by atoms with van der Waals surface area (Å²) < 4.78 is 17.2. The Morgan fingerprint density at radius 1 is 0.517 bits per heavy atom. The summed E-state index contributed by atoms with van der Waals surface area (Å²) in [5.74, 6) is -1.76. The van der Waals surface area contributed by atoms with Gasteiger partial charge in [-0.3, -0.25) is 9.59 Å². The average Bonchev–Trinajstić information content (AvgIpc) is 3.18. The summed E-state index contributed by atoms with van der Waals surface area (Å²) in [7, 11) is 5.40. The number of nitrogens with zero attached hydrogens (tertiary/aromatic N) is 1. The molecular formula is C50H91NO7. The van der Waals surface area contributed by atoms with E-state index >= 15 is 0 Å². The van der Waals surface area contributed by atoms with Crippen LogP contribution in [-0.4, -0.2) is 75.5 Å². The van der Waals surface area contributed by atoms with Crippen molar-refractivity contribution in [1.29, 1.82) is 0 Å². The minimum Gasteiger partial charge on any atom is -0.544 e. The SMILES string of the molecule is CCCCCCCCC/C=C/C=C/CCCCCCCC(=O)OCC(COCCC(C(=O)[O-])[N+](C)(C)C)OC(=O)CCCCCCC/C=C/CCCCCCCCC. The van der Waals surface area contributed by atoms with Crippen molar-refractivity contribution in [2.75, 3.05) is 41.0 Å². The Labute approximate surface area is 357 Å². The molecule has 0 saturated heterocycles. The number of allylic oxidation sites excluding steroid dienone is 6. The number of likely N-dealkylation sites (N-methyl/N-ethyl adjacent to an activating group) is 1.